The first kappa shape index (κ1) is 12.8. The van der Waals surface area contributed by atoms with Crippen LogP contribution in [0.3, 0.4) is 0 Å². The van der Waals surface area contributed by atoms with Gasteiger partial charge >= 0.3 is 0 Å². The Bertz CT molecular complexity index is 529. The molecule has 0 fully saturated rings. The van der Waals surface area contributed by atoms with E-state index in [4.69, 9.17) is 16.3 Å². The molecule has 94 valence electrons. The second-order valence-corrected chi connectivity index (χ2v) is 4.01. The topological polar surface area (TPSA) is 9.23 Å². The van der Waals surface area contributed by atoms with E-state index in [0.29, 0.717) is 0 Å². The normalized spacial score (nSPS) is 10.4. The smallest absolute Gasteiger partial charge is 0.165 e. The molecule has 0 unspecified atom stereocenters. The monoisotopic (exact) mass is 268 g/mol. The molecule has 2 rings (SSSR count). The van der Waals surface area contributed by atoms with Crippen LogP contribution in [0, 0.1) is 11.6 Å². The van der Waals surface area contributed by atoms with E-state index in [9.17, 15) is 8.78 Å². The van der Waals surface area contributed by atoms with Crippen LogP contribution < -0.4 is 4.74 Å². The first-order chi connectivity index (χ1) is 8.72. The van der Waals surface area contributed by atoms with E-state index in [0.717, 1.165) is 17.7 Å². The zero-order valence-corrected chi connectivity index (χ0v) is 10.3. The van der Waals surface area contributed by atoms with Crippen molar-refractivity contribution in [3.8, 4) is 5.75 Å². The van der Waals surface area contributed by atoms with Crippen molar-refractivity contribution in [2.45, 2.75) is 12.5 Å². The summed E-state index contributed by atoms with van der Waals surface area (Å²) in [6.07, 6.45) is 0. The molecule has 0 atom stereocenters. The minimum atomic E-state index is -0.608. The Morgan fingerprint density at radius 2 is 1.61 bits per heavy atom. The van der Waals surface area contributed by atoms with Crippen LogP contribution in [0.5, 0.6) is 5.75 Å². The summed E-state index contributed by atoms with van der Waals surface area (Å²) in [4.78, 5) is 0. The lowest BCUT2D eigenvalue weighted by atomic mass is 10.2. The Morgan fingerprint density at radius 3 is 2.28 bits per heavy atom. The van der Waals surface area contributed by atoms with E-state index >= 15 is 0 Å². The third-order valence-electron chi connectivity index (χ3n) is 2.51. The molecule has 18 heavy (non-hydrogen) atoms. The molecular formula is C14H11ClF2O. The molecule has 0 radical (unpaired) electrons. The van der Waals surface area contributed by atoms with Crippen LogP contribution in [0.4, 0.5) is 8.78 Å². The summed E-state index contributed by atoms with van der Waals surface area (Å²) in [5.41, 5.74) is 0.925. The maximum Gasteiger partial charge on any atom is 0.165 e. The zero-order valence-electron chi connectivity index (χ0n) is 9.50. The van der Waals surface area contributed by atoms with Gasteiger partial charge in [0.15, 0.2) is 11.6 Å². The van der Waals surface area contributed by atoms with Gasteiger partial charge in [-0.3, -0.25) is 0 Å². The van der Waals surface area contributed by atoms with E-state index in [1.807, 2.05) is 30.3 Å². The number of rotatable bonds is 4. The van der Waals surface area contributed by atoms with Gasteiger partial charge in [0.2, 0.25) is 0 Å². The van der Waals surface area contributed by atoms with Gasteiger partial charge in [-0.15, -0.1) is 11.6 Å². The summed E-state index contributed by atoms with van der Waals surface area (Å²) in [5, 5.41) is 0. The van der Waals surface area contributed by atoms with E-state index < -0.39 is 11.6 Å². The van der Waals surface area contributed by atoms with Gasteiger partial charge in [-0.25, -0.2) is 8.78 Å². The molecule has 0 aliphatic carbocycles. The van der Waals surface area contributed by atoms with Crippen LogP contribution in [-0.2, 0) is 12.5 Å². The Hall–Kier alpha value is -1.61. The molecule has 0 N–H and O–H groups in total. The lowest BCUT2D eigenvalue weighted by Gasteiger charge is -2.11. The van der Waals surface area contributed by atoms with Crippen molar-refractivity contribution in [3.05, 3.63) is 65.2 Å². The van der Waals surface area contributed by atoms with E-state index in [1.165, 1.54) is 0 Å². The highest BCUT2D eigenvalue weighted by Gasteiger charge is 2.14. The molecule has 0 saturated heterocycles. The van der Waals surface area contributed by atoms with Crippen LogP contribution in [0.1, 0.15) is 11.1 Å². The number of hydrogen-bond donors (Lipinski definition) is 0. The van der Waals surface area contributed by atoms with Crippen LogP contribution >= 0.6 is 11.6 Å². The fraction of sp³-hybridized carbons (Fsp3) is 0.143. The van der Waals surface area contributed by atoms with Crippen LogP contribution in [0.25, 0.3) is 0 Å². The number of ether oxygens (including phenoxy) is 1. The maximum absolute atomic E-state index is 13.6. The second kappa shape index (κ2) is 5.83. The van der Waals surface area contributed by atoms with E-state index in [1.54, 1.807) is 0 Å². The van der Waals surface area contributed by atoms with Crippen LogP contribution in [0.2, 0.25) is 0 Å². The van der Waals surface area contributed by atoms with Crippen molar-refractivity contribution in [2.75, 3.05) is 0 Å². The fourth-order valence-electron chi connectivity index (χ4n) is 1.59. The van der Waals surface area contributed by atoms with Crippen molar-refractivity contribution >= 4 is 11.6 Å². The average molecular weight is 269 g/mol. The van der Waals surface area contributed by atoms with Gasteiger partial charge in [0.25, 0.3) is 0 Å². The summed E-state index contributed by atoms with van der Waals surface area (Å²) >= 11 is 5.60. The van der Waals surface area contributed by atoms with Gasteiger partial charge in [-0.2, -0.15) is 0 Å². The Morgan fingerprint density at radius 1 is 0.944 bits per heavy atom. The molecule has 0 amide bonds. The lowest BCUT2D eigenvalue weighted by molar-refractivity contribution is 0.285. The molecule has 0 bridgehead atoms. The first-order valence-electron chi connectivity index (χ1n) is 5.42. The van der Waals surface area contributed by atoms with Gasteiger partial charge in [-0.05, 0) is 17.7 Å². The first-order valence-corrected chi connectivity index (χ1v) is 5.95. The summed E-state index contributed by atoms with van der Waals surface area (Å²) in [6.45, 7) is 0.172. The summed E-state index contributed by atoms with van der Waals surface area (Å²) < 4.78 is 32.3. The molecule has 0 saturated carbocycles. The molecule has 0 aliphatic heterocycles. The van der Waals surface area contributed by atoms with Gasteiger partial charge in [0, 0.05) is 5.56 Å². The van der Waals surface area contributed by atoms with Crippen molar-refractivity contribution in [3.63, 3.8) is 0 Å². The lowest BCUT2D eigenvalue weighted by Crippen LogP contribution is -2.02. The molecule has 4 heteroatoms. The summed E-state index contributed by atoms with van der Waals surface area (Å²) in [5.74, 6) is -1.42. The summed E-state index contributed by atoms with van der Waals surface area (Å²) in [6, 6.07) is 11.3. The molecule has 2 aromatic rings. The predicted molar refractivity (Wildman–Crippen MR) is 66.7 cm³/mol. The molecule has 0 spiro atoms. The standard InChI is InChI=1S/C14H11ClF2O/c15-8-11-12(16)6-7-13(17)14(11)18-9-10-4-2-1-3-5-10/h1-7H,8-9H2. The maximum atomic E-state index is 13.6. The Labute approximate surface area is 109 Å². The molecule has 0 aliphatic rings. The SMILES string of the molecule is Fc1ccc(F)c(OCc2ccccc2)c1CCl. The predicted octanol–water partition coefficient (Wildman–Crippen LogP) is 4.28. The van der Waals surface area contributed by atoms with E-state index in [2.05, 4.69) is 0 Å². The average Bonchev–Trinajstić information content (AvgIpc) is 2.41. The van der Waals surface area contributed by atoms with Gasteiger partial charge < -0.3 is 4.74 Å². The number of benzene rings is 2. The Kier molecular flexibility index (Phi) is 4.15. The molecule has 0 aromatic heterocycles. The number of halogens is 3. The second-order valence-electron chi connectivity index (χ2n) is 3.74. The van der Waals surface area contributed by atoms with Crippen molar-refractivity contribution in [1.29, 1.82) is 0 Å². The summed E-state index contributed by atoms with van der Waals surface area (Å²) in [7, 11) is 0. The largest absolute Gasteiger partial charge is 0.485 e. The minimum absolute atomic E-state index is 0.0487. The highest BCUT2D eigenvalue weighted by atomic mass is 35.5. The number of hydrogen-bond acceptors (Lipinski definition) is 1. The van der Waals surface area contributed by atoms with Crippen LogP contribution in [-0.4, -0.2) is 0 Å². The zero-order chi connectivity index (χ0) is 13.0. The highest BCUT2D eigenvalue weighted by Crippen LogP contribution is 2.27. The molecule has 2 aromatic carbocycles. The molecule has 1 nitrogen and oxygen atoms in total. The van der Waals surface area contributed by atoms with Crippen LogP contribution in [0.15, 0.2) is 42.5 Å². The van der Waals surface area contributed by atoms with E-state index in [-0.39, 0.29) is 23.8 Å². The molecule has 0 heterocycles. The highest BCUT2D eigenvalue weighted by molar-refractivity contribution is 6.17. The minimum Gasteiger partial charge on any atom is -0.485 e. The van der Waals surface area contributed by atoms with Crippen molar-refractivity contribution in [1.82, 2.24) is 0 Å². The van der Waals surface area contributed by atoms with Gasteiger partial charge in [0.1, 0.15) is 12.4 Å². The van der Waals surface area contributed by atoms with Crippen molar-refractivity contribution < 1.29 is 13.5 Å². The quantitative estimate of drug-likeness (QED) is 0.752. The third-order valence-corrected chi connectivity index (χ3v) is 2.78. The Balaban J connectivity index is 2.21. The van der Waals surface area contributed by atoms with Gasteiger partial charge in [0.05, 0.1) is 5.88 Å². The van der Waals surface area contributed by atoms with Gasteiger partial charge in [-0.1, -0.05) is 30.3 Å². The molecular weight excluding hydrogens is 258 g/mol. The fourth-order valence-corrected chi connectivity index (χ4v) is 1.83. The third kappa shape index (κ3) is 2.79. The number of alkyl halides is 1. The van der Waals surface area contributed by atoms with Crippen molar-refractivity contribution in [2.24, 2.45) is 0 Å².